The van der Waals surface area contributed by atoms with Crippen LogP contribution in [0.1, 0.15) is 39.5 Å². The minimum Gasteiger partial charge on any atom is -0.103 e. The molecule has 0 rings (SSSR count). The first-order valence-electron chi connectivity index (χ1n) is 5.93. The number of hydrogen-bond donors (Lipinski definition) is 0. The molecule has 0 aliphatic heterocycles. The number of rotatable bonds is 9. The van der Waals surface area contributed by atoms with E-state index >= 15 is 0 Å². The Hall–Kier alpha value is -1.04. The van der Waals surface area contributed by atoms with Gasteiger partial charge in [0.1, 0.15) is 0 Å². The molecule has 0 unspecified atom stereocenters. The Labute approximate surface area is 101 Å². The lowest BCUT2D eigenvalue weighted by atomic mass is 9.59. The van der Waals surface area contributed by atoms with Crippen LogP contribution in [0.15, 0.2) is 50.6 Å². The monoisotopic (exact) mass is 218 g/mol. The molecule has 0 spiro atoms. The van der Waals surface area contributed by atoms with E-state index in [1.54, 1.807) is 0 Å². The van der Waals surface area contributed by atoms with E-state index in [-0.39, 0.29) is 10.8 Å². The summed E-state index contributed by atoms with van der Waals surface area (Å²) in [5, 5.41) is 0. The third-order valence-corrected chi connectivity index (χ3v) is 3.84. The maximum atomic E-state index is 3.88. The van der Waals surface area contributed by atoms with Crippen LogP contribution in [0.4, 0.5) is 0 Å². The zero-order chi connectivity index (χ0) is 12.7. The highest BCUT2D eigenvalue weighted by Gasteiger charge is 2.40. The predicted molar refractivity (Wildman–Crippen MR) is 75.5 cm³/mol. The van der Waals surface area contributed by atoms with E-state index in [0.717, 1.165) is 25.7 Å². The predicted octanol–water partition coefficient (Wildman–Crippen LogP) is 5.30. The van der Waals surface area contributed by atoms with Crippen molar-refractivity contribution in [3.8, 4) is 0 Å². The Morgan fingerprint density at radius 1 is 0.625 bits per heavy atom. The third kappa shape index (κ3) is 3.23. The zero-order valence-electron chi connectivity index (χ0n) is 11.0. The Kier molecular flexibility index (Phi) is 6.10. The van der Waals surface area contributed by atoms with Gasteiger partial charge in [0.15, 0.2) is 0 Å². The number of allylic oxidation sites excluding steroid dienone is 4. The molecule has 0 heterocycles. The molecule has 16 heavy (non-hydrogen) atoms. The second-order valence-electron chi connectivity index (χ2n) is 5.09. The molecule has 0 N–H and O–H groups in total. The fourth-order valence-electron chi connectivity index (χ4n) is 2.43. The van der Waals surface area contributed by atoms with Crippen LogP contribution in [0.3, 0.4) is 0 Å². The van der Waals surface area contributed by atoms with Crippen LogP contribution < -0.4 is 0 Å². The lowest BCUT2D eigenvalue weighted by molar-refractivity contribution is 0.0792. The fraction of sp³-hybridized carbons (Fsp3) is 0.500. The molecule has 0 heteroatoms. The summed E-state index contributed by atoms with van der Waals surface area (Å²) in [5.74, 6) is 0. The zero-order valence-corrected chi connectivity index (χ0v) is 11.0. The summed E-state index contributed by atoms with van der Waals surface area (Å²) >= 11 is 0. The van der Waals surface area contributed by atoms with Crippen molar-refractivity contribution < 1.29 is 0 Å². The number of hydrogen-bond acceptors (Lipinski definition) is 0. The Balaban J connectivity index is 5.19. The highest BCUT2D eigenvalue weighted by Crippen LogP contribution is 2.50. The Morgan fingerprint density at radius 3 is 0.938 bits per heavy atom. The Morgan fingerprint density at radius 2 is 0.812 bits per heavy atom. The van der Waals surface area contributed by atoms with Crippen LogP contribution in [-0.4, -0.2) is 0 Å². The van der Waals surface area contributed by atoms with Crippen molar-refractivity contribution in [3.05, 3.63) is 50.6 Å². The van der Waals surface area contributed by atoms with Crippen LogP contribution in [0.5, 0.6) is 0 Å². The molecule has 0 radical (unpaired) electrons. The standard InChI is InChI=1S/C16H26/c1-7-11-15(5,12-8-2)16(6,13-9-3)14-10-4/h7-10H,1-4,11-14H2,5-6H3. The van der Waals surface area contributed by atoms with Crippen LogP contribution in [-0.2, 0) is 0 Å². The lowest BCUT2D eigenvalue weighted by Gasteiger charge is -2.45. The van der Waals surface area contributed by atoms with E-state index in [1.165, 1.54) is 0 Å². The van der Waals surface area contributed by atoms with Gasteiger partial charge in [-0.25, -0.2) is 0 Å². The molecule has 0 saturated heterocycles. The smallest absolute Gasteiger partial charge is 0.0197 e. The summed E-state index contributed by atoms with van der Waals surface area (Å²) in [7, 11) is 0. The molecule has 0 amide bonds. The first-order valence-corrected chi connectivity index (χ1v) is 5.93. The van der Waals surface area contributed by atoms with Gasteiger partial charge >= 0.3 is 0 Å². The van der Waals surface area contributed by atoms with Gasteiger partial charge in [-0.15, -0.1) is 26.3 Å². The van der Waals surface area contributed by atoms with Crippen molar-refractivity contribution >= 4 is 0 Å². The summed E-state index contributed by atoms with van der Waals surface area (Å²) in [6, 6.07) is 0. The summed E-state index contributed by atoms with van der Waals surface area (Å²) in [6.45, 7) is 20.1. The first kappa shape index (κ1) is 15.0. The van der Waals surface area contributed by atoms with E-state index in [4.69, 9.17) is 0 Å². The van der Waals surface area contributed by atoms with Crippen molar-refractivity contribution in [2.45, 2.75) is 39.5 Å². The molecule has 0 bridgehead atoms. The van der Waals surface area contributed by atoms with Gasteiger partial charge in [0.2, 0.25) is 0 Å². The second kappa shape index (κ2) is 6.52. The molecule has 0 fully saturated rings. The Bertz CT molecular complexity index is 209. The van der Waals surface area contributed by atoms with Gasteiger partial charge in [0.25, 0.3) is 0 Å². The minimum atomic E-state index is 0.179. The van der Waals surface area contributed by atoms with Gasteiger partial charge in [-0.05, 0) is 36.5 Å². The maximum absolute atomic E-state index is 3.88. The average Bonchev–Trinajstić information content (AvgIpc) is 2.19. The molecule has 0 aromatic carbocycles. The van der Waals surface area contributed by atoms with E-state index < -0.39 is 0 Å². The van der Waals surface area contributed by atoms with Gasteiger partial charge in [-0.2, -0.15) is 0 Å². The third-order valence-electron chi connectivity index (χ3n) is 3.84. The minimum absolute atomic E-state index is 0.179. The van der Waals surface area contributed by atoms with Crippen LogP contribution >= 0.6 is 0 Å². The molecular formula is C16H26. The van der Waals surface area contributed by atoms with E-state index in [1.807, 2.05) is 24.3 Å². The van der Waals surface area contributed by atoms with Gasteiger partial charge in [-0.1, -0.05) is 38.2 Å². The van der Waals surface area contributed by atoms with Crippen molar-refractivity contribution in [1.82, 2.24) is 0 Å². The molecule has 0 atom stereocenters. The van der Waals surface area contributed by atoms with Crippen molar-refractivity contribution in [3.63, 3.8) is 0 Å². The fourth-order valence-corrected chi connectivity index (χ4v) is 2.43. The molecule has 0 nitrogen and oxygen atoms in total. The first-order chi connectivity index (χ1) is 7.49. The average molecular weight is 218 g/mol. The largest absolute Gasteiger partial charge is 0.103 e. The van der Waals surface area contributed by atoms with Crippen molar-refractivity contribution in [2.75, 3.05) is 0 Å². The van der Waals surface area contributed by atoms with Crippen LogP contribution in [0, 0.1) is 10.8 Å². The summed E-state index contributed by atoms with van der Waals surface area (Å²) in [4.78, 5) is 0. The maximum Gasteiger partial charge on any atom is -0.0197 e. The van der Waals surface area contributed by atoms with E-state index in [9.17, 15) is 0 Å². The lowest BCUT2D eigenvalue weighted by Crippen LogP contribution is -2.36. The van der Waals surface area contributed by atoms with Crippen LogP contribution in [0.2, 0.25) is 0 Å². The van der Waals surface area contributed by atoms with Gasteiger partial charge < -0.3 is 0 Å². The second-order valence-corrected chi connectivity index (χ2v) is 5.09. The van der Waals surface area contributed by atoms with Crippen molar-refractivity contribution in [2.24, 2.45) is 10.8 Å². The molecule has 0 aliphatic rings. The molecular weight excluding hydrogens is 192 g/mol. The van der Waals surface area contributed by atoms with Gasteiger partial charge in [0.05, 0.1) is 0 Å². The molecule has 0 aromatic rings. The molecule has 0 aliphatic carbocycles. The van der Waals surface area contributed by atoms with Crippen LogP contribution in [0.25, 0.3) is 0 Å². The van der Waals surface area contributed by atoms with Gasteiger partial charge in [-0.3, -0.25) is 0 Å². The van der Waals surface area contributed by atoms with E-state index in [0.29, 0.717) is 0 Å². The molecule has 90 valence electrons. The topological polar surface area (TPSA) is 0 Å². The quantitative estimate of drug-likeness (QED) is 0.460. The highest BCUT2D eigenvalue weighted by molar-refractivity contribution is 5.03. The molecule has 0 saturated carbocycles. The van der Waals surface area contributed by atoms with Gasteiger partial charge in [0, 0.05) is 0 Å². The SMILES string of the molecule is C=CCC(C)(CC=C)C(C)(CC=C)CC=C. The summed E-state index contributed by atoms with van der Waals surface area (Å²) < 4.78 is 0. The van der Waals surface area contributed by atoms with Crippen molar-refractivity contribution in [1.29, 1.82) is 0 Å². The molecule has 0 aromatic heterocycles. The highest BCUT2D eigenvalue weighted by atomic mass is 14.4. The summed E-state index contributed by atoms with van der Waals surface area (Å²) in [6.07, 6.45) is 12.0. The summed E-state index contributed by atoms with van der Waals surface area (Å²) in [5.41, 5.74) is 0.359. The normalized spacial score (nSPS) is 11.9. The van der Waals surface area contributed by atoms with E-state index in [2.05, 4.69) is 40.2 Å².